The van der Waals surface area contributed by atoms with E-state index in [1.54, 1.807) is 0 Å². The third kappa shape index (κ3) is 3.72. The molecule has 0 unspecified atom stereocenters. The summed E-state index contributed by atoms with van der Waals surface area (Å²) < 4.78 is 0. The molecule has 0 spiro atoms. The molecule has 5 nitrogen and oxygen atoms in total. The van der Waals surface area contributed by atoms with E-state index in [-0.39, 0.29) is 17.9 Å². The van der Waals surface area contributed by atoms with E-state index in [1.165, 1.54) is 4.90 Å². The minimum atomic E-state index is -0.255. The second-order valence-corrected chi connectivity index (χ2v) is 9.18. The summed E-state index contributed by atoms with van der Waals surface area (Å²) in [6.07, 6.45) is 1.93. The van der Waals surface area contributed by atoms with Crippen LogP contribution in [0.5, 0.6) is 0 Å². The van der Waals surface area contributed by atoms with Gasteiger partial charge in [0.05, 0.1) is 11.3 Å². The lowest BCUT2D eigenvalue weighted by Crippen LogP contribution is -2.43. The average Bonchev–Trinajstić information content (AvgIpc) is 3.09. The van der Waals surface area contributed by atoms with Crippen LogP contribution in [0.3, 0.4) is 0 Å². The number of anilines is 1. The van der Waals surface area contributed by atoms with Gasteiger partial charge in [-0.25, -0.2) is 4.90 Å². The minimum absolute atomic E-state index is 0.223. The SMILES string of the molecule is Cc1ccc(C2=C(N(C)C3CCN(C)CC3)C(=O)N(c3cccc4ccccc34)C2=O)cc1. The highest BCUT2D eigenvalue weighted by molar-refractivity contribution is 6.46. The van der Waals surface area contributed by atoms with Crippen LogP contribution in [0.2, 0.25) is 0 Å². The standard InChI is InChI=1S/C28H29N3O2/c1-19-11-13-21(14-12-19)25-26(30(3)22-15-17-29(2)18-16-22)28(33)31(27(25)32)24-10-6-8-20-7-4-5-9-23(20)24/h4-14,22H,15-18H2,1-3H3. The Labute approximate surface area is 194 Å². The predicted octanol–water partition coefficient (Wildman–Crippen LogP) is 4.46. The van der Waals surface area contributed by atoms with Crippen molar-refractivity contribution in [2.75, 3.05) is 32.1 Å². The fraction of sp³-hybridized carbons (Fsp3) is 0.286. The number of fused-ring (bicyclic) bond motifs is 1. The Morgan fingerprint density at radius 2 is 1.52 bits per heavy atom. The Balaban J connectivity index is 1.63. The van der Waals surface area contributed by atoms with Crippen LogP contribution in [-0.2, 0) is 9.59 Å². The minimum Gasteiger partial charge on any atom is -0.366 e. The molecule has 3 aromatic rings. The van der Waals surface area contributed by atoms with Gasteiger partial charge in [0.1, 0.15) is 5.70 Å². The zero-order valence-electron chi connectivity index (χ0n) is 19.4. The van der Waals surface area contributed by atoms with E-state index in [2.05, 4.69) is 16.8 Å². The van der Waals surface area contributed by atoms with Crippen molar-refractivity contribution in [1.29, 1.82) is 0 Å². The van der Waals surface area contributed by atoms with Crippen LogP contribution in [0.15, 0.2) is 72.4 Å². The van der Waals surface area contributed by atoms with Gasteiger partial charge in [-0.3, -0.25) is 9.59 Å². The lowest BCUT2D eigenvalue weighted by molar-refractivity contribution is -0.120. The number of piperidine rings is 1. The Morgan fingerprint density at radius 3 is 2.24 bits per heavy atom. The molecule has 2 aliphatic heterocycles. The molecule has 0 saturated carbocycles. The second kappa shape index (κ2) is 8.49. The van der Waals surface area contributed by atoms with Crippen molar-refractivity contribution in [3.05, 3.63) is 83.6 Å². The monoisotopic (exact) mass is 439 g/mol. The second-order valence-electron chi connectivity index (χ2n) is 9.18. The molecule has 1 saturated heterocycles. The molecule has 0 bridgehead atoms. The third-order valence-corrected chi connectivity index (χ3v) is 7.00. The van der Waals surface area contributed by atoms with E-state index in [0.29, 0.717) is 17.0 Å². The first kappa shape index (κ1) is 21.4. The van der Waals surface area contributed by atoms with Crippen LogP contribution in [0.25, 0.3) is 16.3 Å². The van der Waals surface area contributed by atoms with Gasteiger partial charge >= 0.3 is 0 Å². The average molecular weight is 440 g/mol. The fourth-order valence-corrected chi connectivity index (χ4v) is 5.01. The van der Waals surface area contributed by atoms with E-state index in [4.69, 9.17) is 0 Å². The number of aryl methyl sites for hydroxylation is 1. The van der Waals surface area contributed by atoms with Gasteiger partial charge in [-0.1, -0.05) is 66.2 Å². The zero-order valence-corrected chi connectivity index (χ0v) is 19.4. The topological polar surface area (TPSA) is 43.9 Å². The van der Waals surface area contributed by atoms with E-state index >= 15 is 0 Å². The molecule has 0 N–H and O–H groups in total. The first-order valence-corrected chi connectivity index (χ1v) is 11.5. The molecular weight excluding hydrogens is 410 g/mol. The number of hydrogen-bond donors (Lipinski definition) is 0. The maximum absolute atomic E-state index is 14.0. The number of carbonyl (C=O) groups is 2. The van der Waals surface area contributed by atoms with Gasteiger partial charge in [0, 0.05) is 18.5 Å². The summed E-state index contributed by atoms with van der Waals surface area (Å²) in [5, 5.41) is 1.90. The van der Waals surface area contributed by atoms with Crippen molar-refractivity contribution in [2.24, 2.45) is 0 Å². The van der Waals surface area contributed by atoms with Gasteiger partial charge in [-0.15, -0.1) is 0 Å². The summed E-state index contributed by atoms with van der Waals surface area (Å²) in [4.78, 5) is 33.6. The maximum atomic E-state index is 14.0. The summed E-state index contributed by atoms with van der Waals surface area (Å²) in [5.74, 6) is -0.497. The molecule has 2 amide bonds. The van der Waals surface area contributed by atoms with Gasteiger partial charge < -0.3 is 9.80 Å². The lowest BCUT2D eigenvalue weighted by Gasteiger charge is -2.36. The number of likely N-dealkylation sites (tertiary alicyclic amines) is 1. The molecule has 2 heterocycles. The molecule has 0 aromatic heterocycles. The van der Waals surface area contributed by atoms with Crippen LogP contribution in [0, 0.1) is 6.92 Å². The molecule has 0 radical (unpaired) electrons. The summed E-state index contributed by atoms with van der Waals surface area (Å²) in [7, 11) is 4.09. The molecule has 1 fully saturated rings. The zero-order chi connectivity index (χ0) is 23.1. The quantitative estimate of drug-likeness (QED) is 0.563. The van der Waals surface area contributed by atoms with Gasteiger partial charge in [0.25, 0.3) is 11.8 Å². The predicted molar refractivity (Wildman–Crippen MR) is 133 cm³/mol. The number of carbonyl (C=O) groups excluding carboxylic acids is 2. The smallest absolute Gasteiger partial charge is 0.282 e. The number of likely N-dealkylation sites (N-methyl/N-ethyl adjacent to an activating group) is 1. The number of hydrogen-bond acceptors (Lipinski definition) is 4. The molecule has 0 aliphatic carbocycles. The molecular formula is C28H29N3O2. The number of benzene rings is 3. The van der Waals surface area contributed by atoms with Crippen LogP contribution in [-0.4, -0.2) is 54.8 Å². The van der Waals surface area contributed by atoms with Crippen molar-refractivity contribution in [1.82, 2.24) is 9.80 Å². The van der Waals surface area contributed by atoms with Crippen LogP contribution in [0.1, 0.15) is 24.0 Å². The van der Waals surface area contributed by atoms with E-state index in [1.807, 2.05) is 80.7 Å². The van der Waals surface area contributed by atoms with Crippen molar-refractivity contribution >= 4 is 33.8 Å². The highest BCUT2D eigenvalue weighted by atomic mass is 16.2. The number of imide groups is 1. The summed E-state index contributed by atoms with van der Waals surface area (Å²) in [5.41, 5.74) is 3.55. The summed E-state index contributed by atoms with van der Waals surface area (Å²) in [6.45, 7) is 3.99. The molecule has 5 rings (SSSR count). The Hall–Kier alpha value is -3.44. The van der Waals surface area contributed by atoms with Crippen LogP contribution < -0.4 is 4.90 Å². The largest absolute Gasteiger partial charge is 0.366 e. The van der Waals surface area contributed by atoms with E-state index in [9.17, 15) is 9.59 Å². The van der Waals surface area contributed by atoms with Gasteiger partial charge in [0.2, 0.25) is 0 Å². The van der Waals surface area contributed by atoms with Crippen molar-refractivity contribution in [3.63, 3.8) is 0 Å². The molecule has 168 valence electrons. The van der Waals surface area contributed by atoms with Crippen LogP contribution in [0.4, 0.5) is 5.69 Å². The molecule has 2 aliphatic rings. The lowest BCUT2D eigenvalue weighted by atomic mass is 9.99. The Morgan fingerprint density at radius 1 is 0.848 bits per heavy atom. The van der Waals surface area contributed by atoms with Gasteiger partial charge in [-0.05, 0) is 56.9 Å². The van der Waals surface area contributed by atoms with Gasteiger partial charge in [0.15, 0.2) is 0 Å². The van der Waals surface area contributed by atoms with Crippen molar-refractivity contribution < 1.29 is 9.59 Å². The fourth-order valence-electron chi connectivity index (χ4n) is 5.01. The maximum Gasteiger partial charge on any atom is 0.282 e. The highest BCUT2D eigenvalue weighted by Crippen LogP contribution is 2.38. The van der Waals surface area contributed by atoms with Crippen molar-refractivity contribution in [3.8, 4) is 0 Å². The number of amides is 2. The number of nitrogens with zero attached hydrogens (tertiary/aromatic N) is 3. The van der Waals surface area contributed by atoms with Gasteiger partial charge in [-0.2, -0.15) is 0 Å². The molecule has 3 aromatic carbocycles. The van der Waals surface area contributed by atoms with Crippen molar-refractivity contribution in [2.45, 2.75) is 25.8 Å². The normalized spacial score (nSPS) is 18.0. The molecule has 5 heteroatoms. The number of rotatable bonds is 4. The van der Waals surface area contributed by atoms with E-state index < -0.39 is 0 Å². The Kier molecular flexibility index (Phi) is 5.51. The third-order valence-electron chi connectivity index (χ3n) is 7.00. The highest BCUT2D eigenvalue weighted by Gasteiger charge is 2.43. The molecule has 0 atom stereocenters. The van der Waals surface area contributed by atoms with Crippen LogP contribution >= 0.6 is 0 Å². The molecule has 33 heavy (non-hydrogen) atoms. The summed E-state index contributed by atoms with van der Waals surface area (Å²) >= 11 is 0. The Bertz CT molecular complexity index is 1250. The first-order valence-electron chi connectivity index (χ1n) is 11.5. The summed E-state index contributed by atoms with van der Waals surface area (Å²) in [6, 6.07) is 21.8. The first-order chi connectivity index (χ1) is 16.0. The van der Waals surface area contributed by atoms with E-state index in [0.717, 1.165) is 47.8 Å².